The Hall–Kier alpha value is -0.870. The molecule has 0 amide bonds. The van der Waals surface area contributed by atoms with Crippen molar-refractivity contribution in [1.82, 2.24) is 15.1 Å². The van der Waals surface area contributed by atoms with Crippen molar-refractivity contribution < 1.29 is 4.74 Å². The molecule has 2 atom stereocenters. The first-order valence-electron chi connectivity index (χ1n) is 7.52. The van der Waals surface area contributed by atoms with Crippen LogP contribution in [0.1, 0.15) is 56.1 Å². The SMILES string of the molecule is CCn1nc(C)c(C(C)NCCC2CCCO2)c1C. The van der Waals surface area contributed by atoms with E-state index in [1.54, 1.807) is 0 Å². The Labute approximate surface area is 116 Å². The first-order chi connectivity index (χ1) is 9.13. The third-order valence-electron chi connectivity index (χ3n) is 4.11. The van der Waals surface area contributed by atoms with Gasteiger partial charge >= 0.3 is 0 Å². The molecule has 0 aliphatic carbocycles. The van der Waals surface area contributed by atoms with Crippen molar-refractivity contribution in [1.29, 1.82) is 0 Å². The summed E-state index contributed by atoms with van der Waals surface area (Å²) in [7, 11) is 0. The average molecular weight is 265 g/mol. The van der Waals surface area contributed by atoms with Crippen LogP contribution in [0.15, 0.2) is 0 Å². The molecular formula is C15H27N3O. The number of hydrogen-bond acceptors (Lipinski definition) is 3. The standard InChI is InChI=1S/C15H27N3O/c1-5-18-13(4)15(12(3)17-18)11(2)16-9-8-14-7-6-10-19-14/h11,14,16H,5-10H2,1-4H3. The van der Waals surface area contributed by atoms with Crippen LogP contribution in [-0.2, 0) is 11.3 Å². The molecule has 4 heteroatoms. The van der Waals surface area contributed by atoms with E-state index < -0.39 is 0 Å². The molecule has 0 aromatic carbocycles. The lowest BCUT2D eigenvalue weighted by Gasteiger charge is -2.16. The van der Waals surface area contributed by atoms with Crippen LogP contribution in [0.2, 0.25) is 0 Å². The number of nitrogens with zero attached hydrogens (tertiary/aromatic N) is 2. The Bertz CT molecular complexity index is 408. The van der Waals surface area contributed by atoms with Gasteiger partial charge in [-0.3, -0.25) is 4.68 Å². The van der Waals surface area contributed by atoms with Gasteiger partial charge < -0.3 is 10.1 Å². The average Bonchev–Trinajstić information content (AvgIpc) is 2.97. The highest BCUT2D eigenvalue weighted by Gasteiger charge is 2.18. The maximum absolute atomic E-state index is 5.65. The fraction of sp³-hybridized carbons (Fsp3) is 0.800. The van der Waals surface area contributed by atoms with Gasteiger partial charge in [0.15, 0.2) is 0 Å². The predicted octanol–water partition coefficient (Wildman–Crippen LogP) is 2.74. The van der Waals surface area contributed by atoms with Crippen LogP contribution in [0.5, 0.6) is 0 Å². The molecule has 1 aliphatic heterocycles. The van der Waals surface area contributed by atoms with E-state index in [2.05, 4.69) is 42.8 Å². The number of aryl methyl sites for hydroxylation is 2. The topological polar surface area (TPSA) is 39.1 Å². The lowest BCUT2D eigenvalue weighted by Crippen LogP contribution is -2.24. The molecule has 0 bridgehead atoms. The molecule has 2 unspecified atom stereocenters. The van der Waals surface area contributed by atoms with Crippen LogP contribution in [-0.4, -0.2) is 29.0 Å². The smallest absolute Gasteiger partial charge is 0.0644 e. The molecule has 0 spiro atoms. The largest absolute Gasteiger partial charge is 0.378 e. The van der Waals surface area contributed by atoms with Gasteiger partial charge in [0.2, 0.25) is 0 Å². The van der Waals surface area contributed by atoms with E-state index >= 15 is 0 Å². The normalized spacial score (nSPS) is 20.9. The minimum Gasteiger partial charge on any atom is -0.378 e. The summed E-state index contributed by atoms with van der Waals surface area (Å²) in [6.45, 7) is 11.5. The van der Waals surface area contributed by atoms with Crippen molar-refractivity contribution in [3.05, 3.63) is 17.0 Å². The molecule has 19 heavy (non-hydrogen) atoms. The molecule has 1 aromatic rings. The highest BCUT2D eigenvalue weighted by Crippen LogP contribution is 2.22. The van der Waals surface area contributed by atoms with Crippen LogP contribution in [0, 0.1) is 13.8 Å². The molecule has 1 aromatic heterocycles. The Morgan fingerprint density at radius 3 is 2.84 bits per heavy atom. The minimum absolute atomic E-state index is 0.363. The number of nitrogens with one attached hydrogen (secondary N) is 1. The maximum Gasteiger partial charge on any atom is 0.0644 e. The van der Waals surface area contributed by atoms with E-state index in [0.717, 1.165) is 31.8 Å². The van der Waals surface area contributed by atoms with Crippen LogP contribution in [0.25, 0.3) is 0 Å². The van der Waals surface area contributed by atoms with Crippen molar-refractivity contribution in [2.75, 3.05) is 13.2 Å². The summed E-state index contributed by atoms with van der Waals surface area (Å²) in [6.07, 6.45) is 4.04. The van der Waals surface area contributed by atoms with Gasteiger partial charge in [0.05, 0.1) is 11.8 Å². The Morgan fingerprint density at radius 1 is 1.47 bits per heavy atom. The van der Waals surface area contributed by atoms with E-state index in [9.17, 15) is 0 Å². The number of aromatic nitrogens is 2. The van der Waals surface area contributed by atoms with Gasteiger partial charge in [-0.25, -0.2) is 0 Å². The molecule has 108 valence electrons. The minimum atomic E-state index is 0.363. The molecule has 0 saturated carbocycles. The molecule has 2 rings (SSSR count). The second kappa shape index (κ2) is 6.53. The molecule has 1 saturated heterocycles. The van der Waals surface area contributed by atoms with Gasteiger partial charge in [-0.1, -0.05) is 0 Å². The van der Waals surface area contributed by atoms with E-state index in [-0.39, 0.29) is 0 Å². The predicted molar refractivity (Wildman–Crippen MR) is 77.4 cm³/mol. The van der Waals surface area contributed by atoms with Gasteiger partial charge in [0.1, 0.15) is 0 Å². The van der Waals surface area contributed by atoms with Gasteiger partial charge in [-0.2, -0.15) is 5.10 Å². The van der Waals surface area contributed by atoms with Crippen molar-refractivity contribution in [2.24, 2.45) is 0 Å². The summed E-state index contributed by atoms with van der Waals surface area (Å²) in [5.41, 5.74) is 3.79. The first-order valence-corrected chi connectivity index (χ1v) is 7.52. The Balaban J connectivity index is 1.88. The van der Waals surface area contributed by atoms with Crippen LogP contribution in [0.3, 0.4) is 0 Å². The van der Waals surface area contributed by atoms with E-state index in [4.69, 9.17) is 4.74 Å². The molecule has 2 heterocycles. The zero-order valence-electron chi connectivity index (χ0n) is 12.7. The van der Waals surface area contributed by atoms with Gasteiger partial charge in [0.25, 0.3) is 0 Å². The van der Waals surface area contributed by atoms with E-state index in [1.807, 2.05) is 0 Å². The Kier molecular flexibility index (Phi) is 4.99. The van der Waals surface area contributed by atoms with Gasteiger partial charge in [-0.15, -0.1) is 0 Å². The second-order valence-corrected chi connectivity index (χ2v) is 5.50. The van der Waals surface area contributed by atoms with E-state index in [0.29, 0.717) is 12.1 Å². The lowest BCUT2D eigenvalue weighted by molar-refractivity contribution is 0.103. The summed E-state index contributed by atoms with van der Waals surface area (Å²) < 4.78 is 7.74. The van der Waals surface area contributed by atoms with Crippen molar-refractivity contribution in [3.8, 4) is 0 Å². The second-order valence-electron chi connectivity index (χ2n) is 5.50. The molecule has 0 radical (unpaired) electrons. The first kappa shape index (κ1) is 14.5. The summed E-state index contributed by atoms with van der Waals surface area (Å²) in [6, 6.07) is 0.363. The molecule has 1 aliphatic rings. The molecule has 1 N–H and O–H groups in total. The summed E-state index contributed by atoms with van der Waals surface area (Å²) in [5, 5.41) is 8.20. The zero-order chi connectivity index (χ0) is 13.8. The summed E-state index contributed by atoms with van der Waals surface area (Å²) in [5.74, 6) is 0. The monoisotopic (exact) mass is 265 g/mol. The van der Waals surface area contributed by atoms with Crippen LogP contribution >= 0.6 is 0 Å². The fourth-order valence-electron chi connectivity index (χ4n) is 3.08. The molecule has 1 fully saturated rings. The number of rotatable bonds is 6. The van der Waals surface area contributed by atoms with Crippen molar-refractivity contribution in [2.45, 2.75) is 65.6 Å². The van der Waals surface area contributed by atoms with E-state index in [1.165, 1.54) is 24.1 Å². The highest BCUT2D eigenvalue weighted by molar-refractivity contribution is 5.27. The molecular weight excluding hydrogens is 238 g/mol. The van der Waals surface area contributed by atoms with Crippen LogP contribution < -0.4 is 5.32 Å². The third-order valence-corrected chi connectivity index (χ3v) is 4.11. The summed E-state index contributed by atoms with van der Waals surface area (Å²) >= 11 is 0. The third kappa shape index (κ3) is 3.37. The quantitative estimate of drug-likeness (QED) is 0.859. The van der Waals surface area contributed by atoms with Gasteiger partial charge in [0, 0.05) is 30.5 Å². The zero-order valence-corrected chi connectivity index (χ0v) is 12.7. The van der Waals surface area contributed by atoms with Gasteiger partial charge in [-0.05, 0) is 53.5 Å². The molecule has 4 nitrogen and oxygen atoms in total. The number of ether oxygens (including phenoxy) is 1. The summed E-state index contributed by atoms with van der Waals surface area (Å²) in [4.78, 5) is 0. The maximum atomic E-state index is 5.65. The lowest BCUT2D eigenvalue weighted by atomic mass is 10.1. The Morgan fingerprint density at radius 2 is 2.26 bits per heavy atom. The van der Waals surface area contributed by atoms with Crippen molar-refractivity contribution >= 4 is 0 Å². The highest BCUT2D eigenvalue weighted by atomic mass is 16.5. The number of hydrogen-bond donors (Lipinski definition) is 1. The van der Waals surface area contributed by atoms with Crippen molar-refractivity contribution in [3.63, 3.8) is 0 Å². The fourth-order valence-corrected chi connectivity index (χ4v) is 3.08. The van der Waals surface area contributed by atoms with Crippen LogP contribution in [0.4, 0.5) is 0 Å².